The summed E-state index contributed by atoms with van der Waals surface area (Å²) in [5, 5.41) is 4.27. The smallest absolute Gasteiger partial charge is 0.410 e. The first-order valence-corrected chi connectivity index (χ1v) is 8.29. The number of carbonyl (C=O) groups is 2. The van der Waals surface area contributed by atoms with Crippen LogP contribution in [0.2, 0.25) is 0 Å². The maximum atomic E-state index is 12.1. The van der Waals surface area contributed by atoms with E-state index in [4.69, 9.17) is 9.47 Å². The Hall–Kier alpha value is -1.57. The van der Waals surface area contributed by atoms with Gasteiger partial charge in [0.2, 0.25) is 0 Å². The third kappa shape index (κ3) is 4.25. The van der Waals surface area contributed by atoms with Crippen molar-refractivity contribution in [2.24, 2.45) is 0 Å². The number of hydrogen-bond acceptors (Lipinski definition) is 5. The monoisotopic (exact) mass is 387 g/mol. The molecule has 0 atom stereocenters. The number of hydrogen-bond donors (Lipinski definition) is 0. The molecule has 1 aromatic heterocycles. The van der Waals surface area contributed by atoms with Crippen molar-refractivity contribution in [3.8, 4) is 0 Å². The first-order valence-electron chi connectivity index (χ1n) is 7.49. The zero-order valence-corrected chi connectivity index (χ0v) is 15.4. The maximum Gasteiger partial charge on any atom is 0.410 e. The maximum absolute atomic E-state index is 12.1. The van der Waals surface area contributed by atoms with Crippen LogP contribution in [0, 0.1) is 0 Å². The van der Waals surface area contributed by atoms with Crippen LogP contribution >= 0.6 is 15.9 Å². The van der Waals surface area contributed by atoms with Crippen LogP contribution in [0.25, 0.3) is 0 Å². The fraction of sp³-hybridized carbons (Fsp3) is 0.667. The van der Waals surface area contributed by atoms with E-state index in [1.54, 1.807) is 28.9 Å². The summed E-state index contributed by atoms with van der Waals surface area (Å²) in [5.74, 6) is -0.303. The second-order valence-electron chi connectivity index (χ2n) is 6.65. The van der Waals surface area contributed by atoms with Crippen molar-refractivity contribution >= 4 is 28.0 Å². The fourth-order valence-corrected chi connectivity index (χ4v) is 2.78. The second kappa shape index (κ2) is 6.51. The van der Waals surface area contributed by atoms with E-state index in [1.165, 1.54) is 0 Å². The number of esters is 1. The molecule has 23 heavy (non-hydrogen) atoms. The van der Waals surface area contributed by atoms with Gasteiger partial charge in [-0.25, -0.2) is 4.79 Å². The lowest BCUT2D eigenvalue weighted by molar-refractivity contribution is -0.149. The van der Waals surface area contributed by atoms with E-state index >= 15 is 0 Å². The highest BCUT2D eigenvalue weighted by atomic mass is 79.9. The quantitative estimate of drug-likeness (QED) is 0.742. The molecule has 8 heteroatoms. The van der Waals surface area contributed by atoms with E-state index in [2.05, 4.69) is 21.0 Å². The normalized spacial score (nSPS) is 16.7. The Bertz CT molecular complexity index is 588. The standard InChI is InChI=1S/C15H22BrN3O4/c1-5-22-12(20)6-15(19-8-11(16)7-17-19)9-18(10-15)13(21)23-14(2,3)4/h7-8H,5-6,9-10H2,1-4H3. The molecular formula is C15H22BrN3O4. The number of likely N-dealkylation sites (tertiary alicyclic amines) is 1. The number of halogens is 1. The molecule has 0 aliphatic carbocycles. The van der Waals surface area contributed by atoms with Crippen LogP contribution in [0.15, 0.2) is 16.9 Å². The van der Waals surface area contributed by atoms with Gasteiger partial charge in [0.05, 0.1) is 36.8 Å². The van der Waals surface area contributed by atoms with Crippen molar-refractivity contribution in [3.05, 3.63) is 16.9 Å². The zero-order chi connectivity index (χ0) is 17.3. The number of amides is 1. The van der Waals surface area contributed by atoms with Crippen molar-refractivity contribution in [1.82, 2.24) is 14.7 Å². The lowest BCUT2D eigenvalue weighted by atomic mass is 9.86. The summed E-state index contributed by atoms with van der Waals surface area (Å²) >= 11 is 3.35. The first kappa shape index (κ1) is 17.8. The van der Waals surface area contributed by atoms with Gasteiger partial charge in [0.1, 0.15) is 11.1 Å². The third-order valence-corrected chi connectivity index (χ3v) is 3.85. The Kier molecular flexibility index (Phi) is 5.03. The Labute approximate surface area is 144 Å². The van der Waals surface area contributed by atoms with Crippen LogP contribution in [0.4, 0.5) is 4.79 Å². The van der Waals surface area contributed by atoms with Crippen molar-refractivity contribution in [2.75, 3.05) is 19.7 Å². The number of rotatable bonds is 4. The molecule has 2 heterocycles. The lowest BCUT2D eigenvalue weighted by Gasteiger charge is -2.49. The van der Waals surface area contributed by atoms with Crippen LogP contribution in [0.5, 0.6) is 0 Å². The number of ether oxygens (including phenoxy) is 2. The van der Waals surface area contributed by atoms with Gasteiger partial charge in [0.25, 0.3) is 0 Å². The Balaban J connectivity index is 2.10. The van der Waals surface area contributed by atoms with E-state index in [1.807, 2.05) is 20.8 Å². The molecule has 2 rings (SSSR count). The third-order valence-electron chi connectivity index (χ3n) is 3.44. The molecule has 1 saturated heterocycles. The summed E-state index contributed by atoms with van der Waals surface area (Å²) in [7, 11) is 0. The van der Waals surface area contributed by atoms with Gasteiger partial charge >= 0.3 is 12.1 Å². The van der Waals surface area contributed by atoms with Gasteiger partial charge in [-0.1, -0.05) is 0 Å². The van der Waals surface area contributed by atoms with Gasteiger partial charge in [0.15, 0.2) is 0 Å². The zero-order valence-electron chi connectivity index (χ0n) is 13.8. The molecule has 0 radical (unpaired) electrons. The molecule has 0 unspecified atom stereocenters. The SMILES string of the molecule is CCOC(=O)CC1(n2cc(Br)cn2)CN(C(=O)OC(C)(C)C)C1. The molecule has 1 amide bonds. The van der Waals surface area contributed by atoms with Crippen LogP contribution < -0.4 is 0 Å². The van der Waals surface area contributed by atoms with Crippen LogP contribution in [0.3, 0.4) is 0 Å². The van der Waals surface area contributed by atoms with E-state index in [-0.39, 0.29) is 18.5 Å². The minimum absolute atomic E-state index is 0.161. The number of aromatic nitrogens is 2. The Morgan fingerprint density at radius 1 is 1.39 bits per heavy atom. The summed E-state index contributed by atoms with van der Waals surface area (Å²) in [4.78, 5) is 25.6. The van der Waals surface area contributed by atoms with Crippen LogP contribution in [-0.4, -0.2) is 52.0 Å². The summed E-state index contributed by atoms with van der Waals surface area (Å²) in [6, 6.07) is 0. The summed E-state index contributed by atoms with van der Waals surface area (Å²) in [5.41, 5.74) is -1.14. The molecule has 0 aromatic carbocycles. The second-order valence-corrected chi connectivity index (χ2v) is 7.56. The molecule has 0 spiro atoms. The molecule has 1 fully saturated rings. The van der Waals surface area contributed by atoms with Gasteiger partial charge in [-0.05, 0) is 43.6 Å². The predicted octanol–water partition coefficient (Wildman–Crippen LogP) is 2.54. The Morgan fingerprint density at radius 3 is 2.52 bits per heavy atom. The largest absolute Gasteiger partial charge is 0.466 e. The molecule has 1 aliphatic heterocycles. The average Bonchev–Trinajstić information content (AvgIpc) is 2.78. The van der Waals surface area contributed by atoms with Crippen molar-refractivity contribution in [1.29, 1.82) is 0 Å². The van der Waals surface area contributed by atoms with Crippen molar-refractivity contribution in [2.45, 2.75) is 45.3 Å². The van der Waals surface area contributed by atoms with Crippen molar-refractivity contribution in [3.63, 3.8) is 0 Å². The van der Waals surface area contributed by atoms with Gasteiger partial charge in [-0.15, -0.1) is 0 Å². The highest BCUT2D eigenvalue weighted by molar-refractivity contribution is 9.10. The fourth-order valence-electron chi connectivity index (χ4n) is 2.50. The summed E-state index contributed by atoms with van der Waals surface area (Å²) in [6.45, 7) is 8.27. The van der Waals surface area contributed by atoms with Gasteiger partial charge in [0, 0.05) is 6.20 Å². The van der Waals surface area contributed by atoms with Crippen LogP contribution in [-0.2, 0) is 19.8 Å². The predicted molar refractivity (Wildman–Crippen MR) is 87.0 cm³/mol. The highest BCUT2D eigenvalue weighted by Crippen LogP contribution is 2.34. The van der Waals surface area contributed by atoms with Crippen molar-refractivity contribution < 1.29 is 19.1 Å². The molecule has 0 saturated carbocycles. The summed E-state index contributed by atoms with van der Waals surface area (Å²) < 4.78 is 12.9. The molecule has 1 aromatic rings. The van der Waals surface area contributed by atoms with Crippen LogP contribution in [0.1, 0.15) is 34.1 Å². The van der Waals surface area contributed by atoms with E-state index < -0.39 is 11.1 Å². The topological polar surface area (TPSA) is 73.7 Å². The van der Waals surface area contributed by atoms with E-state index in [0.717, 1.165) is 4.47 Å². The molecule has 128 valence electrons. The van der Waals surface area contributed by atoms with Gasteiger partial charge in [-0.3, -0.25) is 9.48 Å². The molecular weight excluding hydrogens is 366 g/mol. The number of carbonyl (C=O) groups excluding carboxylic acids is 2. The van der Waals surface area contributed by atoms with E-state index in [0.29, 0.717) is 19.7 Å². The molecule has 1 aliphatic rings. The minimum atomic E-state index is -0.588. The highest BCUT2D eigenvalue weighted by Gasteiger charge is 2.50. The van der Waals surface area contributed by atoms with E-state index in [9.17, 15) is 9.59 Å². The number of nitrogens with zero attached hydrogens (tertiary/aromatic N) is 3. The lowest BCUT2D eigenvalue weighted by Crippen LogP contribution is -2.65. The molecule has 0 N–H and O–H groups in total. The van der Waals surface area contributed by atoms with Gasteiger partial charge < -0.3 is 14.4 Å². The molecule has 7 nitrogen and oxygen atoms in total. The average molecular weight is 388 g/mol. The molecule has 0 bridgehead atoms. The summed E-state index contributed by atoms with van der Waals surface area (Å²) in [6.07, 6.45) is 3.23. The minimum Gasteiger partial charge on any atom is -0.466 e. The first-order chi connectivity index (χ1) is 10.6. The Morgan fingerprint density at radius 2 is 2.04 bits per heavy atom. The van der Waals surface area contributed by atoms with Gasteiger partial charge in [-0.2, -0.15) is 5.10 Å².